The normalized spacial score (nSPS) is 9.56. The van der Waals surface area contributed by atoms with Crippen LogP contribution in [-0.4, -0.2) is 58.5 Å². The molecule has 0 aliphatic rings. The number of hydrogen-bond acceptors (Lipinski definition) is 6. The summed E-state index contributed by atoms with van der Waals surface area (Å²) in [7, 11) is 0. The van der Waals surface area contributed by atoms with Crippen LogP contribution in [0.4, 0.5) is 4.79 Å². The first-order chi connectivity index (χ1) is 14.8. The van der Waals surface area contributed by atoms with Gasteiger partial charge < -0.3 is 31.7 Å². The van der Waals surface area contributed by atoms with Gasteiger partial charge in [-0.1, -0.05) is 36.8 Å². The van der Waals surface area contributed by atoms with Crippen molar-refractivity contribution in [1.29, 1.82) is 0 Å². The zero-order valence-corrected chi connectivity index (χ0v) is 23.5. The molecule has 1 amide bonds. The number of hydrogen-bond donors (Lipinski definition) is 5. The lowest BCUT2D eigenvalue weighted by Crippen LogP contribution is -2.26. The highest BCUT2D eigenvalue weighted by Crippen LogP contribution is 2.00. The van der Waals surface area contributed by atoms with E-state index in [0.29, 0.717) is 13.2 Å². The summed E-state index contributed by atoms with van der Waals surface area (Å²) in [5, 5.41) is 13.2. The quantitative estimate of drug-likeness (QED) is 0.153. The lowest BCUT2D eigenvalue weighted by atomic mass is 10.2. The van der Waals surface area contributed by atoms with Gasteiger partial charge in [0.1, 0.15) is 6.61 Å². The van der Waals surface area contributed by atoms with E-state index in [9.17, 15) is 4.79 Å². The number of unbranched alkanes of at least 4 members (excludes halogenated alkanes) is 3. The van der Waals surface area contributed by atoms with Crippen LogP contribution in [0, 0.1) is 0 Å². The van der Waals surface area contributed by atoms with Crippen molar-refractivity contribution in [1.82, 2.24) is 21.3 Å². The zero-order chi connectivity index (χ0) is 21.5. The molecule has 1 aromatic rings. The number of alkyl carbamates (subject to hydrolysis) is 1. The van der Waals surface area contributed by atoms with E-state index in [4.69, 9.17) is 10.5 Å². The Morgan fingerprint density at radius 2 is 1.12 bits per heavy atom. The first kappa shape index (κ1) is 40.7. The average molecular weight is 567 g/mol. The molecule has 0 atom stereocenters. The van der Waals surface area contributed by atoms with E-state index in [1.54, 1.807) is 0 Å². The Bertz CT molecular complexity index is 519. The first-order valence-corrected chi connectivity index (χ1v) is 11.6. The zero-order valence-electron chi connectivity index (χ0n) is 20.2. The van der Waals surface area contributed by atoms with Crippen LogP contribution in [0.1, 0.15) is 50.5 Å². The highest BCUT2D eigenvalue weighted by molar-refractivity contribution is 5.86. The lowest BCUT2D eigenvalue weighted by molar-refractivity contribution is 0.139. The highest BCUT2D eigenvalue weighted by atomic mass is 35.5. The molecule has 0 unspecified atom stereocenters. The maximum atomic E-state index is 11.6. The average Bonchev–Trinajstić information content (AvgIpc) is 2.77. The van der Waals surface area contributed by atoms with Crippen molar-refractivity contribution < 1.29 is 9.53 Å². The topological polar surface area (TPSA) is 100 Å². The van der Waals surface area contributed by atoms with Crippen LogP contribution >= 0.6 is 49.6 Å². The van der Waals surface area contributed by atoms with Gasteiger partial charge >= 0.3 is 6.09 Å². The fraction of sp³-hybridized carbons (Fsp3) is 0.696. The number of carbonyl (C=O) groups excluding carboxylic acids is 1. The predicted octanol–water partition coefficient (Wildman–Crippen LogP) is 4.06. The number of ether oxygens (including phenoxy) is 1. The molecule has 6 N–H and O–H groups in total. The molecular weight excluding hydrogens is 520 g/mol. The van der Waals surface area contributed by atoms with Crippen molar-refractivity contribution in [3.05, 3.63) is 35.9 Å². The van der Waals surface area contributed by atoms with Gasteiger partial charge in [-0.2, -0.15) is 0 Å². The number of nitrogens with one attached hydrogen (secondary N) is 4. The summed E-state index contributed by atoms with van der Waals surface area (Å²) in [6.45, 7) is 8.14. The van der Waals surface area contributed by atoms with Crippen LogP contribution in [0.15, 0.2) is 30.3 Å². The summed E-state index contributed by atoms with van der Waals surface area (Å²) < 4.78 is 5.19. The molecule has 0 aliphatic carbocycles. The molecule has 11 heteroatoms. The molecule has 0 aliphatic heterocycles. The summed E-state index contributed by atoms with van der Waals surface area (Å²) in [5.41, 5.74) is 6.46. The van der Waals surface area contributed by atoms with Crippen molar-refractivity contribution in [3.8, 4) is 0 Å². The van der Waals surface area contributed by atoms with E-state index < -0.39 is 0 Å². The Morgan fingerprint density at radius 1 is 0.647 bits per heavy atom. The minimum absolute atomic E-state index is 0. The molecule has 0 aromatic heterocycles. The SMILES string of the molecule is Cl.Cl.Cl.Cl.NCCCNCCCCNCCCNCCCCCNC(=O)OCc1ccccc1. The van der Waals surface area contributed by atoms with Crippen LogP contribution in [0.2, 0.25) is 0 Å². The van der Waals surface area contributed by atoms with E-state index in [1.807, 2.05) is 30.3 Å². The maximum absolute atomic E-state index is 11.6. The standard InChI is InChI=1S/C23H43N5O2.4ClH/c24-13-9-17-25-15-7-8-16-27-19-10-18-26-14-5-2-6-20-28-23(29)30-21-22-11-3-1-4-12-22;;;;/h1,3-4,11-12,25-27H,2,5-10,13-21,24H2,(H,28,29);4*1H. The lowest BCUT2D eigenvalue weighted by Gasteiger charge is -2.08. The van der Waals surface area contributed by atoms with Gasteiger partial charge in [0.15, 0.2) is 0 Å². The van der Waals surface area contributed by atoms with Crippen LogP contribution < -0.4 is 27.0 Å². The second-order valence-corrected chi connectivity index (χ2v) is 7.50. The minimum atomic E-state index is -0.340. The second kappa shape index (κ2) is 32.5. The van der Waals surface area contributed by atoms with Crippen LogP contribution in [-0.2, 0) is 11.3 Å². The Kier molecular flexibility index (Phi) is 38.8. The number of amides is 1. The van der Waals surface area contributed by atoms with Gasteiger partial charge in [0, 0.05) is 6.54 Å². The molecule has 0 fully saturated rings. The predicted molar refractivity (Wildman–Crippen MR) is 154 cm³/mol. The van der Waals surface area contributed by atoms with Crippen molar-refractivity contribution in [2.24, 2.45) is 5.73 Å². The fourth-order valence-electron chi connectivity index (χ4n) is 2.96. The number of halogens is 4. The van der Waals surface area contributed by atoms with Gasteiger partial charge in [0.2, 0.25) is 0 Å². The van der Waals surface area contributed by atoms with Crippen molar-refractivity contribution in [2.45, 2.75) is 51.6 Å². The third kappa shape index (κ3) is 27.7. The summed E-state index contributed by atoms with van der Waals surface area (Å²) in [5.74, 6) is 0. The van der Waals surface area contributed by atoms with Crippen molar-refractivity contribution in [2.75, 3.05) is 52.4 Å². The molecule has 204 valence electrons. The molecular formula is C23H47Cl4N5O2. The summed E-state index contributed by atoms with van der Waals surface area (Å²) in [4.78, 5) is 11.6. The Morgan fingerprint density at radius 3 is 1.68 bits per heavy atom. The molecule has 0 saturated heterocycles. The molecule has 7 nitrogen and oxygen atoms in total. The Labute approximate surface area is 231 Å². The van der Waals surface area contributed by atoms with E-state index >= 15 is 0 Å². The molecule has 0 heterocycles. The smallest absolute Gasteiger partial charge is 0.407 e. The van der Waals surface area contributed by atoms with Gasteiger partial charge in [0.05, 0.1) is 0 Å². The van der Waals surface area contributed by atoms with E-state index in [-0.39, 0.29) is 55.7 Å². The van der Waals surface area contributed by atoms with Crippen LogP contribution in [0.25, 0.3) is 0 Å². The highest BCUT2D eigenvalue weighted by Gasteiger charge is 2.01. The van der Waals surface area contributed by atoms with E-state index in [2.05, 4.69) is 21.3 Å². The van der Waals surface area contributed by atoms with Crippen LogP contribution in [0.5, 0.6) is 0 Å². The fourth-order valence-corrected chi connectivity index (χ4v) is 2.96. The molecule has 1 rings (SSSR count). The van der Waals surface area contributed by atoms with Crippen molar-refractivity contribution in [3.63, 3.8) is 0 Å². The molecule has 0 spiro atoms. The van der Waals surface area contributed by atoms with Crippen LogP contribution in [0.3, 0.4) is 0 Å². The number of nitrogens with two attached hydrogens (primary N) is 1. The molecule has 0 bridgehead atoms. The molecule has 1 aromatic carbocycles. The van der Waals surface area contributed by atoms with Gasteiger partial charge in [-0.15, -0.1) is 49.6 Å². The third-order valence-corrected chi connectivity index (χ3v) is 4.73. The van der Waals surface area contributed by atoms with Gasteiger partial charge in [-0.3, -0.25) is 0 Å². The Balaban J connectivity index is -0.00000112. The number of carbonyl (C=O) groups is 1. The third-order valence-electron chi connectivity index (χ3n) is 4.73. The van der Waals surface area contributed by atoms with Crippen molar-refractivity contribution >= 4 is 55.7 Å². The largest absolute Gasteiger partial charge is 0.445 e. The summed E-state index contributed by atoms with van der Waals surface area (Å²) in [6.07, 6.45) is 7.52. The maximum Gasteiger partial charge on any atom is 0.407 e. The minimum Gasteiger partial charge on any atom is -0.445 e. The molecule has 0 radical (unpaired) electrons. The summed E-state index contributed by atoms with van der Waals surface area (Å²) in [6, 6.07) is 9.71. The molecule has 0 saturated carbocycles. The first-order valence-electron chi connectivity index (χ1n) is 11.6. The monoisotopic (exact) mass is 565 g/mol. The second-order valence-electron chi connectivity index (χ2n) is 7.50. The number of benzene rings is 1. The van der Waals surface area contributed by atoms with E-state index in [1.165, 1.54) is 12.8 Å². The van der Waals surface area contributed by atoms with Gasteiger partial charge in [-0.25, -0.2) is 4.79 Å². The van der Waals surface area contributed by atoms with Gasteiger partial charge in [-0.05, 0) is 89.9 Å². The number of rotatable bonds is 20. The Hall–Kier alpha value is -0.510. The van der Waals surface area contributed by atoms with E-state index in [0.717, 1.165) is 83.5 Å². The molecule has 34 heavy (non-hydrogen) atoms. The van der Waals surface area contributed by atoms with Gasteiger partial charge in [0.25, 0.3) is 0 Å². The summed E-state index contributed by atoms with van der Waals surface area (Å²) >= 11 is 0.